The van der Waals surface area contributed by atoms with Gasteiger partial charge in [0, 0.05) is 15.6 Å². The summed E-state index contributed by atoms with van der Waals surface area (Å²) in [5, 5.41) is 5.71. The molecule has 3 nitrogen and oxygen atoms in total. The zero-order chi connectivity index (χ0) is 12.0. The monoisotopic (exact) mass is 246 g/mol. The third-order valence-electron chi connectivity index (χ3n) is 1.88. The highest BCUT2D eigenvalue weighted by atomic mass is 35.5. The number of allylic oxidation sites excluding steroid dienone is 6. The Morgan fingerprint density at radius 1 is 1.40 bits per heavy atom. The summed E-state index contributed by atoms with van der Waals surface area (Å²) >= 11 is 5.70. The van der Waals surface area contributed by atoms with Crippen LogP contribution in [-0.2, 0) is 11.0 Å². The second-order valence-corrected chi connectivity index (χ2v) is 4.50. The van der Waals surface area contributed by atoms with Crippen LogP contribution in [0.4, 0.5) is 0 Å². The number of nitrogens with two attached hydrogens (primary N) is 2. The molecule has 1 atom stereocenters. The van der Waals surface area contributed by atoms with Crippen LogP contribution in [0.3, 0.4) is 0 Å². The van der Waals surface area contributed by atoms with Crippen molar-refractivity contribution >= 4 is 22.6 Å². The molecule has 1 unspecified atom stereocenters. The van der Waals surface area contributed by atoms with Gasteiger partial charge in [-0.25, -0.2) is 9.35 Å². The summed E-state index contributed by atoms with van der Waals surface area (Å²) in [6.45, 7) is 6.92. The van der Waals surface area contributed by atoms with Crippen LogP contribution in [0.25, 0.3) is 0 Å². The molecule has 0 saturated carbocycles. The van der Waals surface area contributed by atoms with E-state index in [-0.39, 0.29) is 0 Å². The van der Waals surface area contributed by atoms with E-state index in [1.54, 1.807) is 26.0 Å². The van der Waals surface area contributed by atoms with Crippen LogP contribution in [-0.4, -0.2) is 4.21 Å². The summed E-state index contributed by atoms with van der Waals surface area (Å²) in [7, 11) is -1.49. The zero-order valence-electron chi connectivity index (χ0n) is 8.79. The van der Waals surface area contributed by atoms with Gasteiger partial charge in [0.15, 0.2) is 0 Å². The molecule has 0 fully saturated rings. The Bertz CT molecular complexity index is 370. The third kappa shape index (κ3) is 4.97. The summed E-state index contributed by atoms with van der Waals surface area (Å²) in [6.07, 6.45) is 4.73. The SMILES string of the molecule is C=C\C(Cl)=C/C=C(N)/C(C)=C(\C)S(N)=O. The van der Waals surface area contributed by atoms with Gasteiger partial charge in [0.1, 0.15) is 11.0 Å². The number of hydrogen-bond donors (Lipinski definition) is 2. The first-order valence-electron chi connectivity index (χ1n) is 4.19. The minimum atomic E-state index is -1.49. The molecule has 0 amide bonds. The lowest BCUT2D eigenvalue weighted by atomic mass is 10.2. The fraction of sp³-hybridized carbons (Fsp3) is 0.200. The van der Waals surface area contributed by atoms with E-state index in [2.05, 4.69) is 6.58 Å². The molecule has 0 aromatic heterocycles. The third-order valence-corrected chi connectivity index (χ3v) is 3.07. The molecule has 0 saturated heterocycles. The van der Waals surface area contributed by atoms with Gasteiger partial charge in [-0.2, -0.15) is 0 Å². The van der Waals surface area contributed by atoms with Crippen LogP contribution < -0.4 is 10.9 Å². The minimum absolute atomic E-state index is 0.478. The summed E-state index contributed by atoms with van der Waals surface area (Å²) in [5.74, 6) is 0. The van der Waals surface area contributed by atoms with Gasteiger partial charge in [-0.05, 0) is 31.6 Å². The van der Waals surface area contributed by atoms with E-state index in [1.165, 1.54) is 6.08 Å². The molecule has 4 N–H and O–H groups in total. The summed E-state index contributed by atoms with van der Waals surface area (Å²) < 4.78 is 11.0. The first kappa shape index (κ1) is 14.2. The smallest absolute Gasteiger partial charge is 0.118 e. The molecule has 0 spiro atoms. The van der Waals surface area contributed by atoms with Crippen molar-refractivity contribution in [2.24, 2.45) is 10.9 Å². The molecular formula is C10H15ClN2OS. The first-order valence-corrected chi connectivity index (χ1v) is 5.78. The Morgan fingerprint density at radius 2 is 1.93 bits per heavy atom. The fourth-order valence-electron chi connectivity index (χ4n) is 0.717. The van der Waals surface area contributed by atoms with E-state index >= 15 is 0 Å². The van der Waals surface area contributed by atoms with Gasteiger partial charge in [-0.1, -0.05) is 24.3 Å². The highest BCUT2D eigenvalue weighted by Gasteiger charge is 2.03. The first-order chi connectivity index (χ1) is 6.90. The summed E-state index contributed by atoms with van der Waals surface area (Å²) in [4.78, 5) is 0.548. The molecule has 0 aliphatic carbocycles. The van der Waals surface area contributed by atoms with Crippen molar-refractivity contribution < 1.29 is 4.21 Å². The predicted molar refractivity (Wildman–Crippen MR) is 67.1 cm³/mol. The Hall–Kier alpha value is -0.840. The average molecular weight is 247 g/mol. The molecule has 0 aromatic carbocycles. The maximum absolute atomic E-state index is 11.0. The van der Waals surface area contributed by atoms with Gasteiger partial charge < -0.3 is 5.73 Å². The van der Waals surface area contributed by atoms with Crippen LogP contribution in [0.2, 0.25) is 0 Å². The highest BCUT2D eigenvalue weighted by Crippen LogP contribution is 2.12. The number of rotatable bonds is 4. The van der Waals surface area contributed by atoms with Crippen molar-refractivity contribution in [3.8, 4) is 0 Å². The molecule has 0 aliphatic rings. The van der Waals surface area contributed by atoms with Crippen molar-refractivity contribution in [2.75, 3.05) is 0 Å². The standard InChI is InChI=1S/C10H15ClN2OS/c1-4-9(11)5-6-10(12)7(2)8(3)15(13)14/h4-6H,1,12-13H2,2-3H3/b8-7+,9-5+,10-6-. The second-order valence-electron chi connectivity index (χ2n) is 2.86. The van der Waals surface area contributed by atoms with Crippen molar-refractivity contribution in [1.29, 1.82) is 0 Å². The Balaban J connectivity index is 5.02. The molecule has 0 heterocycles. The van der Waals surface area contributed by atoms with Gasteiger partial charge in [0.25, 0.3) is 0 Å². The molecular weight excluding hydrogens is 232 g/mol. The zero-order valence-corrected chi connectivity index (χ0v) is 10.4. The molecule has 5 heteroatoms. The Labute approximate surface area is 97.8 Å². The molecule has 0 radical (unpaired) electrons. The largest absolute Gasteiger partial charge is 0.398 e. The van der Waals surface area contributed by atoms with Crippen LogP contribution in [0.15, 0.2) is 46.0 Å². The second kappa shape index (κ2) is 6.61. The van der Waals surface area contributed by atoms with E-state index in [0.29, 0.717) is 21.2 Å². The maximum atomic E-state index is 11.0. The minimum Gasteiger partial charge on any atom is -0.398 e. The topological polar surface area (TPSA) is 69.1 Å². The van der Waals surface area contributed by atoms with Gasteiger partial charge in [0.05, 0.1) is 0 Å². The van der Waals surface area contributed by atoms with Crippen LogP contribution >= 0.6 is 11.6 Å². The lowest BCUT2D eigenvalue weighted by Crippen LogP contribution is -2.08. The highest BCUT2D eigenvalue weighted by molar-refractivity contribution is 7.86. The van der Waals surface area contributed by atoms with Crippen molar-refractivity contribution in [2.45, 2.75) is 13.8 Å². The fourth-order valence-corrected chi connectivity index (χ4v) is 1.20. The van der Waals surface area contributed by atoms with Gasteiger partial charge in [-0.3, -0.25) is 0 Å². The Kier molecular flexibility index (Phi) is 6.24. The molecule has 0 bridgehead atoms. The maximum Gasteiger partial charge on any atom is 0.118 e. The van der Waals surface area contributed by atoms with E-state index < -0.39 is 11.0 Å². The molecule has 84 valence electrons. The van der Waals surface area contributed by atoms with Gasteiger partial charge >= 0.3 is 0 Å². The summed E-state index contributed by atoms with van der Waals surface area (Å²) in [6, 6.07) is 0. The normalized spacial score (nSPS) is 17.1. The molecule has 0 aliphatic heterocycles. The van der Waals surface area contributed by atoms with Crippen LogP contribution in [0.5, 0.6) is 0 Å². The average Bonchev–Trinajstić information content (AvgIpc) is 2.22. The van der Waals surface area contributed by atoms with E-state index in [0.717, 1.165) is 0 Å². The Morgan fingerprint density at radius 3 is 2.33 bits per heavy atom. The van der Waals surface area contributed by atoms with Crippen molar-refractivity contribution in [3.63, 3.8) is 0 Å². The predicted octanol–water partition coefficient (Wildman–Crippen LogP) is 2.05. The van der Waals surface area contributed by atoms with Gasteiger partial charge in [-0.15, -0.1) is 0 Å². The quantitative estimate of drug-likeness (QED) is 0.746. The lowest BCUT2D eigenvalue weighted by molar-refractivity contribution is 0.687. The number of halogens is 1. The van der Waals surface area contributed by atoms with E-state index in [4.69, 9.17) is 22.5 Å². The molecule has 15 heavy (non-hydrogen) atoms. The number of hydrogen-bond acceptors (Lipinski definition) is 2. The van der Waals surface area contributed by atoms with Crippen LogP contribution in [0.1, 0.15) is 13.8 Å². The lowest BCUT2D eigenvalue weighted by Gasteiger charge is -2.04. The van der Waals surface area contributed by atoms with E-state index in [1.807, 2.05) is 0 Å². The van der Waals surface area contributed by atoms with Crippen molar-refractivity contribution in [3.05, 3.63) is 46.0 Å². The molecule has 0 rings (SSSR count). The van der Waals surface area contributed by atoms with Gasteiger partial charge in [0.2, 0.25) is 0 Å². The summed E-state index contributed by atoms with van der Waals surface area (Å²) in [5.41, 5.74) is 6.91. The van der Waals surface area contributed by atoms with Crippen molar-refractivity contribution in [1.82, 2.24) is 0 Å². The van der Waals surface area contributed by atoms with E-state index in [9.17, 15) is 4.21 Å². The van der Waals surface area contributed by atoms with Crippen LogP contribution in [0, 0.1) is 0 Å². The molecule has 0 aromatic rings.